The van der Waals surface area contributed by atoms with Gasteiger partial charge in [-0.05, 0) is 23.1 Å². The van der Waals surface area contributed by atoms with Crippen LogP contribution in [-0.4, -0.2) is 15.5 Å². The molecule has 3 nitrogen and oxygen atoms in total. The molecule has 0 spiro atoms. The van der Waals surface area contributed by atoms with Gasteiger partial charge in [-0.15, -0.1) is 0 Å². The highest BCUT2D eigenvalue weighted by atomic mass is 16.4. The number of aromatic carboxylic acids is 1. The number of carboxylic acid groups (broad SMARTS) is 1. The van der Waals surface area contributed by atoms with Crippen LogP contribution in [0.5, 0.6) is 0 Å². The number of nitrogens with zero attached hydrogens (tertiary/aromatic N) is 1. The number of carbonyl (C=O) groups is 1. The van der Waals surface area contributed by atoms with E-state index in [0.29, 0.717) is 5.56 Å². The molecule has 0 bridgehead atoms. The summed E-state index contributed by atoms with van der Waals surface area (Å²) in [6, 6.07) is 21.5. The molecular weight excluding hydrogens is 274 g/mol. The first-order valence-electron chi connectivity index (χ1n) is 7.07. The van der Waals surface area contributed by atoms with Crippen molar-refractivity contribution < 1.29 is 9.90 Å². The molecule has 0 aliphatic rings. The molecule has 4 rings (SSSR count). The minimum absolute atomic E-state index is 0.329. The number of aromatic nitrogens is 1. The average molecular weight is 287 g/mol. The third-order valence-corrected chi connectivity index (χ3v) is 3.96. The molecule has 0 aliphatic carbocycles. The van der Waals surface area contributed by atoms with Crippen LogP contribution in [0.1, 0.15) is 10.4 Å². The summed E-state index contributed by atoms with van der Waals surface area (Å²) in [7, 11) is 0. The lowest BCUT2D eigenvalue weighted by Gasteiger charge is -2.06. The summed E-state index contributed by atoms with van der Waals surface area (Å²) in [5.74, 6) is -0.906. The van der Waals surface area contributed by atoms with Gasteiger partial charge in [-0.3, -0.25) is 0 Å². The van der Waals surface area contributed by atoms with Crippen LogP contribution >= 0.6 is 0 Å². The van der Waals surface area contributed by atoms with Crippen LogP contribution in [0.25, 0.3) is 27.5 Å². The fourth-order valence-corrected chi connectivity index (χ4v) is 2.96. The number of rotatable bonds is 2. The second kappa shape index (κ2) is 4.74. The SMILES string of the molecule is O=C(O)c1cc(-c2ccccc2)n2ccc3ccccc3c12. The number of pyridine rings is 1. The van der Waals surface area contributed by atoms with E-state index in [2.05, 4.69) is 0 Å². The van der Waals surface area contributed by atoms with Crippen molar-refractivity contribution in [2.24, 2.45) is 0 Å². The lowest BCUT2D eigenvalue weighted by molar-refractivity contribution is 0.0699. The predicted molar refractivity (Wildman–Crippen MR) is 87.3 cm³/mol. The van der Waals surface area contributed by atoms with Crippen molar-refractivity contribution in [2.45, 2.75) is 0 Å². The summed E-state index contributed by atoms with van der Waals surface area (Å²) < 4.78 is 1.96. The molecule has 0 saturated heterocycles. The van der Waals surface area contributed by atoms with E-state index >= 15 is 0 Å². The fraction of sp³-hybridized carbons (Fsp3) is 0. The van der Waals surface area contributed by atoms with E-state index in [1.165, 1.54) is 0 Å². The topological polar surface area (TPSA) is 41.7 Å². The highest BCUT2D eigenvalue weighted by Gasteiger charge is 2.17. The Morgan fingerprint density at radius 1 is 0.909 bits per heavy atom. The minimum Gasteiger partial charge on any atom is -0.478 e. The number of hydrogen-bond acceptors (Lipinski definition) is 1. The quantitative estimate of drug-likeness (QED) is 0.591. The van der Waals surface area contributed by atoms with Crippen molar-refractivity contribution in [1.82, 2.24) is 4.40 Å². The highest BCUT2D eigenvalue weighted by Crippen LogP contribution is 2.31. The molecule has 4 aromatic rings. The number of carboxylic acids is 1. The van der Waals surface area contributed by atoms with Crippen LogP contribution in [0.2, 0.25) is 0 Å². The number of hydrogen-bond donors (Lipinski definition) is 1. The Balaban J connectivity index is 2.17. The minimum atomic E-state index is -0.906. The van der Waals surface area contributed by atoms with Gasteiger partial charge in [-0.25, -0.2) is 4.79 Å². The summed E-state index contributed by atoms with van der Waals surface area (Å²) in [5, 5.41) is 11.6. The fourth-order valence-electron chi connectivity index (χ4n) is 2.96. The molecule has 2 heterocycles. The maximum atomic E-state index is 11.7. The molecule has 0 saturated carbocycles. The lowest BCUT2D eigenvalue weighted by atomic mass is 10.1. The zero-order chi connectivity index (χ0) is 15.1. The average Bonchev–Trinajstić information content (AvgIpc) is 2.96. The standard InChI is InChI=1S/C19H13NO2/c21-19(22)16-12-17(14-7-2-1-3-8-14)20-11-10-13-6-4-5-9-15(13)18(16)20/h1-12H,(H,21,22). The Bertz CT molecular complexity index is 1000. The van der Waals surface area contributed by atoms with E-state index in [1.54, 1.807) is 6.07 Å². The van der Waals surface area contributed by atoms with Crippen LogP contribution in [-0.2, 0) is 0 Å². The monoisotopic (exact) mass is 287 g/mol. The summed E-state index contributed by atoms with van der Waals surface area (Å²) in [6.45, 7) is 0. The second-order valence-electron chi connectivity index (χ2n) is 5.24. The molecule has 1 N–H and O–H groups in total. The summed E-state index contributed by atoms with van der Waals surface area (Å²) in [5.41, 5.74) is 2.96. The molecule has 106 valence electrons. The summed E-state index contributed by atoms with van der Waals surface area (Å²) >= 11 is 0. The van der Waals surface area contributed by atoms with Gasteiger partial charge >= 0.3 is 5.97 Å². The van der Waals surface area contributed by atoms with Gasteiger partial charge in [0.15, 0.2) is 0 Å². The summed E-state index contributed by atoms with van der Waals surface area (Å²) in [6.07, 6.45) is 1.94. The van der Waals surface area contributed by atoms with Crippen molar-refractivity contribution >= 4 is 22.3 Å². The van der Waals surface area contributed by atoms with Crippen molar-refractivity contribution in [3.05, 3.63) is 78.5 Å². The molecule has 0 radical (unpaired) electrons. The first-order valence-corrected chi connectivity index (χ1v) is 7.07. The second-order valence-corrected chi connectivity index (χ2v) is 5.24. The smallest absolute Gasteiger partial charge is 0.337 e. The first kappa shape index (κ1) is 12.7. The van der Waals surface area contributed by atoms with E-state index in [1.807, 2.05) is 71.3 Å². The van der Waals surface area contributed by atoms with Gasteiger partial charge in [-0.2, -0.15) is 0 Å². The molecule has 3 heteroatoms. The Morgan fingerprint density at radius 3 is 2.41 bits per heavy atom. The molecule has 0 unspecified atom stereocenters. The van der Waals surface area contributed by atoms with Gasteiger partial charge in [0.1, 0.15) is 0 Å². The number of fused-ring (bicyclic) bond motifs is 3. The van der Waals surface area contributed by atoms with Crippen molar-refractivity contribution in [2.75, 3.05) is 0 Å². The molecule has 22 heavy (non-hydrogen) atoms. The van der Waals surface area contributed by atoms with E-state index in [0.717, 1.165) is 27.5 Å². The van der Waals surface area contributed by atoms with Crippen LogP contribution in [0.4, 0.5) is 0 Å². The van der Waals surface area contributed by atoms with Crippen LogP contribution < -0.4 is 0 Å². The maximum Gasteiger partial charge on any atom is 0.337 e. The maximum absolute atomic E-state index is 11.7. The van der Waals surface area contributed by atoms with E-state index < -0.39 is 5.97 Å². The lowest BCUT2D eigenvalue weighted by Crippen LogP contribution is -1.96. The van der Waals surface area contributed by atoms with Crippen molar-refractivity contribution in [1.29, 1.82) is 0 Å². The van der Waals surface area contributed by atoms with Crippen molar-refractivity contribution in [3.8, 4) is 11.3 Å². The molecule has 2 aromatic heterocycles. The van der Waals surface area contributed by atoms with Gasteiger partial charge in [0.25, 0.3) is 0 Å². The third-order valence-electron chi connectivity index (χ3n) is 3.96. The van der Waals surface area contributed by atoms with Crippen molar-refractivity contribution in [3.63, 3.8) is 0 Å². The normalized spacial score (nSPS) is 11.1. The summed E-state index contributed by atoms with van der Waals surface area (Å²) in [4.78, 5) is 11.7. The molecule has 0 aliphatic heterocycles. The van der Waals surface area contributed by atoms with Gasteiger partial charge in [0, 0.05) is 11.6 Å². The first-order chi connectivity index (χ1) is 10.8. The zero-order valence-electron chi connectivity index (χ0n) is 11.7. The largest absolute Gasteiger partial charge is 0.478 e. The van der Waals surface area contributed by atoms with Gasteiger partial charge in [-0.1, -0.05) is 54.6 Å². The Labute approximate surface area is 127 Å². The Hall–Kier alpha value is -3.07. The molecule has 0 fully saturated rings. The highest BCUT2D eigenvalue weighted by molar-refractivity contribution is 6.08. The molecule has 2 aromatic carbocycles. The van der Waals surface area contributed by atoms with E-state index in [-0.39, 0.29) is 0 Å². The zero-order valence-corrected chi connectivity index (χ0v) is 11.7. The van der Waals surface area contributed by atoms with Gasteiger partial charge in [0.05, 0.1) is 16.8 Å². The van der Waals surface area contributed by atoms with Gasteiger partial charge in [0.2, 0.25) is 0 Å². The van der Waals surface area contributed by atoms with Crippen LogP contribution in [0.3, 0.4) is 0 Å². The van der Waals surface area contributed by atoms with Crippen LogP contribution in [0, 0.1) is 0 Å². The van der Waals surface area contributed by atoms with Crippen LogP contribution in [0.15, 0.2) is 72.9 Å². The molecular formula is C19H13NO2. The molecule has 0 amide bonds. The Morgan fingerprint density at radius 2 is 1.64 bits per heavy atom. The number of benzene rings is 2. The Kier molecular flexibility index (Phi) is 2.73. The van der Waals surface area contributed by atoms with Gasteiger partial charge < -0.3 is 9.51 Å². The predicted octanol–water partition coefficient (Wildman–Crippen LogP) is 4.46. The molecule has 0 atom stereocenters. The third kappa shape index (κ3) is 1.79. The van der Waals surface area contributed by atoms with E-state index in [4.69, 9.17) is 0 Å². The van der Waals surface area contributed by atoms with E-state index in [9.17, 15) is 9.90 Å².